The van der Waals surface area contributed by atoms with Crippen molar-refractivity contribution < 1.29 is 14.3 Å². The largest absolute Gasteiger partial charge is 0.497 e. The van der Waals surface area contributed by atoms with Crippen LogP contribution < -0.4 is 10.1 Å². The number of fused-ring (bicyclic) bond motifs is 2. The molecule has 2 aromatic rings. The van der Waals surface area contributed by atoms with E-state index < -0.39 is 0 Å². The molecule has 1 N–H and O–H groups in total. The number of hydrogen-bond donors (Lipinski definition) is 1. The first-order valence-corrected chi connectivity index (χ1v) is 13.6. The number of nitrogens with zero attached hydrogens (tertiary/aromatic N) is 2. The number of benzene rings is 2. The molecule has 1 aliphatic carbocycles. The molecule has 2 aliphatic heterocycles. The van der Waals surface area contributed by atoms with E-state index in [1.54, 1.807) is 7.11 Å². The molecule has 3 aliphatic rings. The maximum absolute atomic E-state index is 13.7. The summed E-state index contributed by atoms with van der Waals surface area (Å²) in [4.78, 5) is 31.6. The topological polar surface area (TPSA) is 61.9 Å². The maximum Gasteiger partial charge on any atom is 0.226 e. The molecule has 1 saturated carbocycles. The molecule has 6 heteroatoms. The molecule has 5 rings (SSSR count). The van der Waals surface area contributed by atoms with Crippen molar-refractivity contribution in [1.29, 1.82) is 0 Å². The maximum atomic E-state index is 13.7. The number of carbonyl (C=O) groups is 2. The summed E-state index contributed by atoms with van der Waals surface area (Å²) in [5.41, 5.74) is 3.79. The zero-order chi connectivity index (χ0) is 24.9. The van der Waals surface area contributed by atoms with Crippen LogP contribution in [0.5, 0.6) is 5.75 Å². The van der Waals surface area contributed by atoms with Gasteiger partial charge in [-0.3, -0.25) is 14.5 Å². The number of nitrogens with one attached hydrogen (secondary N) is 1. The number of hydrogen-bond acceptors (Lipinski definition) is 4. The monoisotopic (exact) mass is 489 g/mol. The molecule has 1 saturated heterocycles. The first-order valence-electron chi connectivity index (χ1n) is 13.6. The number of methoxy groups -OCH3 is 1. The fourth-order valence-corrected chi connectivity index (χ4v) is 6.35. The van der Waals surface area contributed by atoms with Gasteiger partial charge in [-0.25, -0.2) is 0 Å². The van der Waals surface area contributed by atoms with Crippen LogP contribution in [0, 0.1) is 11.8 Å². The van der Waals surface area contributed by atoms with E-state index in [2.05, 4.69) is 46.6 Å². The van der Waals surface area contributed by atoms with E-state index in [-0.39, 0.29) is 29.7 Å². The molecule has 36 heavy (non-hydrogen) atoms. The third-order valence-electron chi connectivity index (χ3n) is 8.32. The van der Waals surface area contributed by atoms with Crippen LogP contribution in [0.2, 0.25) is 0 Å². The number of amides is 2. The van der Waals surface area contributed by atoms with Crippen LogP contribution in [0.1, 0.15) is 55.2 Å². The van der Waals surface area contributed by atoms with Crippen LogP contribution in [0.15, 0.2) is 48.5 Å². The van der Waals surface area contributed by atoms with Crippen LogP contribution in [-0.4, -0.2) is 54.4 Å². The summed E-state index contributed by atoms with van der Waals surface area (Å²) >= 11 is 0. The Labute approximate surface area is 215 Å². The molecule has 0 aromatic heterocycles. The van der Waals surface area contributed by atoms with Gasteiger partial charge in [0.15, 0.2) is 0 Å². The summed E-state index contributed by atoms with van der Waals surface area (Å²) in [6.07, 6.45) is 6.74. The van der Waals surface area contributed by atoms with Crippen molar-refractivity contribution in [3.8, 4) is 5.75 Å². The highest BCUT2D eigenvalue weighted by atomic mass is 16.5. The van der Waals surface area contributed by atoms with Gasteiger partial charge in [-0.05, 0) is 67.5 Å². The van der Waals surface area contributed by atoms with E-state index in [0.717, 1.165) is 70.5 Å². The smallest absolute Gasteiger partial charge is 0.226 e. The van der Waals surface area contributed by atoms with E-state index in [1.807, 2.05) is 17.0 Å². The second-order valence-electron chi connectivity index (χ2n) is 10.6. The van der Waals surface area contributed by atoms with E-state index >= 15 is 0 Å². The highest BCUT2D eigenvalue weighted by Gasteiger charge is 2.45. The minimum absolute atomic E-state index is 0.0697. The van der Waals surface area contributed by atoms with Gasteiger partial charge in [0, 0.05) is 38.1 Å². The van der Waals surface area contributed by atoms with E-state index in [4.69, 9.17) is 4.74 Å². The Morgan fingerprint density at radius 3 is 2.69 bits per heavy atom. The molecule has 0 bridgehead atoms. The van der Waals surface area contributed by atoms with Crippen LogP contribution in [0.3, 0.4) is 0 Å². The Balaban J connectivity index is 1.36. The van der Waals surface area contributed by atoms with Crippen molar-refractivity contribution in [2.24, 2.45) is 11.8 Å². The van der Waals surface area contributed by atoms with Gasteiger partial charge >= 0.3 is 0 Å². The predicted molar refractivity (Wildman–Crippen MR) is 140 cm³/mol. The zero-order valence-corrected chi connectivity index (χ0v) is 21.5. The van der Waals surface area contributed by atoms with E-state index in [1.165, 1.54) is 16.7 Å². The Kier molecular flexibility index (Phi) is 7.90. The summed E-state index contributed by atoms with van der Waals surface area (Å²) < 4.78 is 5.45. The molecule has 0 unspecified atom stereocenters. The summed E-state index contributed by atoms with van der Waals surface area (Å²) in [7, 11) is 1.69. The Bertz CT molecular complexity index is 1070. The predicted octanol–water partition coefficient (Wildman–Crippen LogP) is 4.17. The molecule has 2 amide bonds. The zero-order valence-electron chi connectivity index (χ0n) is 21.5. The molecule has 2 aromatic carbocycles. The summed E-state index contributed by atoms with van der Waals surface area (Å²) in [5.74, 6) is 0.936. The summed E-state index contributed by atoms with van der Waals surface area (Å²) in [6.45, 7) is 3.90. The van der Waals surface area contributed by atoms with Crippen molar-refractivity contribution in [2.75, 3.05) is 26.7 Å². The highest BCUT2D eigenvalue weighted by Crippen LogP contribution is 2.38. The van der Waals surface area contributed by atoms with Crippen LogP contribution in [0.25, 0.3) is 0 Å². The summed E-state index contributed by atoms with van der Waals surface area (Å²) in [5, 5.41) is 3.20. The van der Waals surface area contributed by atoms with Gasteiger partial charge in [0.05, 0.1) is 13.0 Å². The molecule has 3 atom stereocenters. The third-order valence-corrected chi connectivity index (χ3v) is 8.32. The molecular weight excluding hydrogens is 450 g/mol. The third kappa shape index (κ3) is 5.59. The molecule has 192 valence electrons. The molecule has 0 spiro atoms. The molecule has 2 heterocycles. The van der Waals surface area contributed by atoms with Gasteiger partial charge in [0.2, 0.25) is 11.8 Å². The van der Waals surface area contributed by atoms with Crippen molar-refractivity contribution in [3.05, 3.63) is 65.2 Å². The molecular formula is C30H39N3O3. The van der Waals surface area contributed by atoms with Gasteiger partial charge in [-0.15, -0.1) is 0 Å². The van der Waals surface area contributed by atoms with Crippen molar-refractivity contribution in [1.82, 2.24) is 15.1 Å². The van der Waals surface area contributed by atoms with Gasteiger partial charge in [0.25, 0.3) is 0 Å². The van der Waals surface area contributed by atoms with Gasteiger partial charge in [-0.1, -0.05) is 49.2 Å². The lowest BCUT2D eigenvalue weighted by molar-refractivity contribution is -0.136. The minimum atomic E-state index is -0.153. The van der Waals surface area contributed by atoms with Gasteiger partial charge in [-0.2, -0.15) is 0 Å². The quantitative estimate of drug-likeness (QED) is 0.700. The van der Waals surface area contributed by atoms with Crippen LogP contribution in [0.4, 0.5) is 0 Å². The Morgan fingerprint density at radius 2 is 1.83 bits per heavy atom. The van der Waals surface area contributed by atoms with Crippen molar-refractivity contribution >= 4 is 11.8 Å². The highest BCUT2D eigenvalue weighted by molar-refractivity contribution is 5.84. The van der Waals surface area contributed by atoms with Crippen molar-refractivity contribution in [3.63, 3.8) is 0 Å². The lowest BCUT2D eigenvalue weighted by Gasteiger charge is -2.33. The van der Waals surface area contributed by atoms with Crippen LogP contribution in [-0.2, 0) is 29.1 Å². The number of rotatable bonds is 4. The van der Waals surface area contributed by atoms with Crippen molar-refractivity contribution in [2.45, 2.75) is 64.1 Å². The lowest BCUT2D eigenvalue weighted by Crippen LogP contribution is -2.44. The first-order chi connectivity index (χ1) is 17.6. The molecule has 0 radical (unpaired) electrons. The lowest BCUT2D eigenvalue weighted by atomic mass is 9.97. The first kappa shape index (κ1) is 24.8. The van der Waals surface area contributed by atoms with E-state index in [0.29, 0.717) is 13.0 Å². The standard InChI is InChI=1S/C30H39N3O3/c1-36-26-12-8-9-22(17-26)20-32-15-7-3-2-6-14-31-29(34)27-18-25(19-28(27)32)30(35)33-16-13-23-10-4-5-11-24(23)21-33/h4-5,8-12,17,25,27-28H,2-3,6-7,13-16,18-21H2,1H3,(H,31,34)/t25-,27-,28+/m1/s1. The average molecular weight is 490 g/mol. The van der Waals surface area contributed by atoms with Crippen LogP contribution >= 0.6 is 0 Å². The SMILES string of the molecule is COc1cccc(CN2CCCCCCNC(=O)[C@@H]3C[C@@H](C(=O)N4CCc5ccccc5C4)C[C@@H]32)c1. The summed E-state index contributed by atoms with van der Waals surface area (Å²) in [6, 6.07) is 16.7. The second kappa shape index (κ2) is 11.5. The second-order valence-corrected chi connectivity index (χ2v) is 10.6. The Morgan fingerprint density at radius 1 is 1.00 bits per heavy atom. The fraction of sp³-hybridized carbons (Fsp3) is 0.533. The van der Waals surface area contributed by atoms with Gasteiger partial charge in [0.1, 0.15) is 5.75 Å². The molecule has 2 fully saturated rings. The average Bonchev–Trinajstić information content (AvgIpc) is 3.35. The molecule has 6 nitrogen and oxygen atoms in total. The number of ether oxygens (including phenoxy) is 1. The Hall–Kier alpha value is -2.86. The number of carbonyl (C=O) groups excluding carboxylic acids is 2. The van der Waals surface area contributed by atoms with Gasteiger partial charge < -0.3 is 15.0 Å². The minimum Gasteiger partial charge on any atom is -0.497 e. The normalized spacial score (nSPS) is 25.3. The van der Waals surface area contributed by atoms with E-state index in [9.17, 15) is 9.59 Å². The fourth-order valence-electron chi connectivity index (χ4n) is 6.35.